The van der Waals surface area contributed by atoms with Crippen molar-refractivity contribution in [3.8, 4) is 5.75 Å². The number of rotatable bonds is 3. The van der Waals surface area contributed by atoms with Crippen LogP contribution in [0.15, 0.2) is 56.8 Å². The maximum Gasteiger partial charge on any atom is 0.372 e. The second kappa shape index (κ2) is 5.57. The third-order valence-corrected chi connectivity index (χ3v) is 3.91. The molecule has 1 N–H and O–H groups in total. The Kier molecular flexibility index (Phi) is 3.62. The lowest BCUT2D eigenvalue weighted by atomic mass is 10.1. The zero-order valence-electron chi connectivity index (χ0n) is 10.7. The summed E-state index contributed by atoms with van der Waals surface area (Å²) in [6.45, 7) is 0. The van der Waals surface area contributed by atoms with Crippen molar-refractivity contribution >= 4 is 22.7 Å². The van der Waals surface area contributed by atoms with Gasteiger partial charge >= 0.3 is 5.63 Å². The van der Waals surface area contributed by atoms with E-state index in [9.17, 15) is 14.3 Å². The third-order valence-electron chi connectivity index (χ3n) is 2.94. The number of aromatic nitrogens is 1. The average molecular weight is 303 g/mol. The van der Waals surface area contributed by atoms with Gasteiger partial charge in [-0.25, -0.2) is 9.78 Å². The SMILES string of the molecule is O=c1oc2cc(O)ccc2c(CSc2ccccn2)c1F. The first-order valence-corrected chi connectivity index (χ1v) is 7.12. The number of benzene rings is 1. The minimum Gasteiger partial charge on any atom is -0.508 e. The molecule has 4 nitrogen and oxygen atoms in total. The van der Waals surface area contributed by atoms with Gasteiger partial charge in [0.2, 0.25) is 5.82 Å². The van der Waals surface area contributed by atoms with Crippen molar-refractivity contribution in [3.63, 3.8) is 0 Å². The third kappa shape index (κ3) is 2.75. The molecule has 0 aliphatic heterocycles. The second-order valence-corrected chi connectivity index (χ2v) is 5.31. The average Bonchev–Trinajstić information content (AvgIpc) is 2.49. The van der Waals surface area contributed by atoms with Gasteiger partial charge in [-0.3, -0.25) is 0 Å². The molecule has 3 aromatic rings. The number of nitrogens with zero attached hydrogens (tertiary/aromatic N) is 1. The van der Waals surface area contributed by atoms with Crippen molar-refractivity contribution in [2.45, 2.75) is 10.8 Å². The van der Waals surface area contributed by atoms with Crippen LogP contribution in [0.2, 0.25) is 0 Å². The fourth-order valence-corrected chi connectivity index (χ4v) is 2.84. The van der Waals surface area contributed by atoms with Gasteiger partial charge in [-0.1, -0.05) is 6.07 Å². The van der Waals surface area contributed by atoms with Crippen LogP contribution in [-0.2, 0) is 5.75 Å². The molecule has 0 saturated carbocycles. The van der Waals surface area contributed by atoms with E-state index >= 15 is 0 Å². The van der Waals surface area contributed by atoms with Crippen molar-refractivity contribution in [1.29, 1.82) is 0 Å². The minimum absolute atomic E-state index is 0.0411. The van der Waals surface area contributed by atoms with E-state index in [0.29, 0.717) is 5.39 Å². The Morgan fingerprint density at radius 3 is 2.90 bits per heavy atom. The Morgan fingerprint density at radius 1 is 1.29 bits per heavy atom. The quantitative estimate of drug-likeness (QED) is 0.594. The van der Waals surface area contributed by atoms with Crippen molar-refractivity contribution < 1.29 is 13.9 Å². The molecule has 21 heavy (non-hydrogen) atoms. The van der Waals surface area contributed by atoms with Crippen molar-refractivity contribution in [2.24, 2.45) is 0 Å². The van der Waals surface area contributed by atoms with Crippen LogP contribution in [-0.4, -0.2) is 10.1 Å². The molecule has 0 amide bonds. The number of thioether (sulfide) groups is 1. The lowest BCUT2D eigenvalue weighted by Gasteiger charge is -2.06. The van der Waals surface area contributed by atoms with E-state index in [1.807, 2.05) is 12.1 Å². The summed E-state index contributed by atoms with van der Waals surface area (Å²) in [5.41, 5.74) is -0.625. The van der Waals surface area contributed by atoms with Crippen LogP contribution in [0.4, 0.5) is 4.39 Å². The molecule has 0 fully saturated rings. The van der Waals surface area contributed by atoms with Crippen molar-refractivity contribution in [1.82, 2.24) is 4.98 Å². The number of aromatic hydroxyl groups is 1. The standard InChI is InChI=1S/C15H10FNO3S/c16-14-11(8-21-13-3-1-2-6-17-13)10-5-4-9(18)7-12(10)20-15(14)19/h1-7,18H,8H2. The van der Waals surface area contributed by atoms with Gasteiger partial charge in [-0.2, -0.15) is 4.39 Å². The number of halogens is 1. The zero-order valence-corrected chi connectivity index (χ0v) is 11.6. The molecular weight excluding hydrogens is 293 g/mol. The highest BCUT2D eigenvalue weighted by atomic mass is 32.2. The van der Waals surface area contributed by atoms with E-state index in [1.165, 1.54) is 30.0 Å². The normalized spacial score (nSPS) is 10.9. The highest BCUT2D eigenvalue weighted by Gasteiger charge is 2.15. The number of hydrogen-bond acceptors (Lipinski definition) is 5. The molecule has 0 atom stereocenters. The fraction of sp³-hybridized carbons (Fsp3) is 0.0667. The smallest absolute Gasteiger partial charge is 0.372 e. The van der Waals surface area contributed by atoms with Gasteiger partial charge in [0.25, 0.3) is 0 Å². The van der Waals surface area contributed by atoms with Crippen LogP contribution in [0.1, 0.15) is 5.56 Å². The maximum absolute atomic E-state index is 14.0. The highest BCUT2D eigenvalue weighted by Crippen LogP contribution is 2.28. The number of hydrogen-bond donors (Lipinski definition) is 1. The molecule has 0 radical (unpaired) electrons. The molecule has 0 aliphatic rings. The van der Waals surface area contributed by atoms with Gasteiger partial charge in [0, 0.05) is 29.0 Å². The van der Waals surface area contributed by atoms with E-state index in [0.717, 1.165) is 5.03 Å². The summed E-state index contributed by atoms with van der Waals surface area (Å²) in [6, 6.07) is 9.69. The number of pyridine rings is 1. The Labute approximate surface area is 123 Å². The number of fused-ring (bicyclic) bond motifs is 1. The van der Waals surface area contributed by atoms with Gasteiger partial charge in [0.05, 0.1) is 5.03 Å². The number of phenolic OH excluding ortho intramolecular Hbond substituents is 1. The van der Waals surface area contributed by atoms with E-state index in [4.69, 9.17) is 4.42 Å². The van der Waals surface area contributed by atoms with Crippen LogP contribution in [0.25, 0.3) is 11.0 Å². The summed E-state index contributed by atoms with van der Waals surface area (Å²) in [5.74, 6) is -0.701. The largest absolute Gasteiger partial charge is 0.508 e. The van der Waals surface area contributed by atoms with Crippen molar-refractivity contribution in [2.75, 3.05) is 0 Å². The summed E-state index contributed by atoms with van der Waals surface area (Å²) in [7, 11) is 0. The molecule has 0 saturated heterocycles. The second-order valence-electron chi connectivity index (χ2n) is 4.32. The Morgan fingerprint density at radius 2 is 2.14 bits per heavy atom. The summed E-state index contributed by atoms with van der Waals surface area (Å²) in [4.78, 5) is 15.7. The Bertz CT molecular complexity index is 849. The molecule has 6 heteroatoms. The van der Waals surface area contributed by atoms with E-state index in [1.54, 1.807) is 12.3 Å². The predicted octanol–water partition coefficient (Wildman–Crippen LogP) is 3.33. The molecular formula is C15H10FNO3S. The first kappa shape index (κ1) is 13.6. The van der Waals surface area contributed by atoms with Crippen LogP contribution in [0, 0.1) is 5.82 Å². The summed E-state index contributed by atoms with van der Waals surface area (Å²) < 4.78 is 18.9. The fourth-order valence-electron chi connectivity index (χ4n) is 1.95. The number of phenols is 1. The molecule has 106 valence electrons. The first-order chi connectivity index (χ1) is 10.1. The molecule has 2 aromatic heterocycles. The summed E-state index contributed by atoms with van der Waals surface area (Å²) >= 11 is 1.32. The van der Waals surface area contributed by atoms with Crippen LogP contribution < -0.4 is 5.63 Å². The molecule has 0 unspecified atom stereocenters. The van der Waals surface area contributed by atoms with E-state index < -0.39 is 11.4 Å². The lowest BCUT2D eigenvalue weighted by Crippen LogP contribution is -2.08. The molecule has 0 spiro atoms. The maximum atomic E-state index is 14.0. The van der Waals surface area contributed by atoms with Gasteiger partial charge in [-0.05, 0) is 24.3 Å². The lowest BCUT2D eigenvalue weighted by molar-refractivity contribution is 0.465. The van der Waals surface area contributed by atoms with Gasteiger partial charge < -0.3 is 9.52 Å². The summed E-state index contributed by atoms with van der Waals surface area (Å²) in [6.07, 6.45) is 1.65. The van der Waals surface area contributed by atoms with E-state index in [-0.39, 0.29) is 22.6 Å². The molecule has 2 heterocycles. The van der Waals surface area contributed by atoms with Crippen LogP contribution in [0.3, 0.4) is 0 Å². The monoisotopic (exact) mass is 303 g/mol. The topological polar surface area (TPSA) is 63.3 Å². The van der Waals surface area contributed by atoms with Gasteiger partial charge in [0.15, 0.2) is 0 Å². The van der Waals surface area contributed by atoms with Gasteiger partial charge in [-0.15, -0.1) is 11.8 Å². The zero-order chi connectivity index (χ0) is 14.8. The molecule has 0 aliphatic carbocycles. The molecule has 3 rings (SSSR count). The first-order valence-electron chi connectivity index (χ1n) is 6.13. The van der Waals surface area contributed by atoms with Crippen LogP contribution in [0.5, 0.6) is 5.75 Å². The highest BCUT2D eigenvalue weighted by molar-refractivity contribution is 7.98. The Hall–Kier alpha value is -2.34. The van der Waals surface area contributed by atoms with Gasteiger partial charge in [0.1, 0.15) is 11.3 Å². The van der Waals surface area contributed by atoms with E-state index in [2.05, 4.69) is 4.98 Å². The predicted molar refractivity (Wildman–Crippen MR) is 77.9 cm³/mol. The minimum atomic E-state index is -1.04. The van der Waals surface area contributed by atoms with Crippen molar-refractivity contribution in [3.05, 3.63) is 64.4 Å². The summed E-state index contributed by atoms with van der Waals surface area (Å²) in [5, 5.41) is 10.6. The van der Waals surface area contributed by atoms with Crippen LogP contribution >= 0.6 is 11.8 Å². The molecule has 1 aromatic carbocycles. The Balaban J connectivity index is 2.04. The molecule has 0 bridgehead atoms.